The maximum atomic E-state index is 13.9. The van der Waals surface area contributed by atoms with Crippen molar-refractivity contribution in [2.75, 3.05) is 20.6 Å². The highest BCUT2D eigenvalue weighted by atomic mass is 19.1. The van der Waals surface area contributed by atoms with Crippen LogP contribution in [0.15, 0.2) is 18.2 Å². The van der Waals surface area contributed by atoms with Crippen LogP contribution in [0.2, 0.25) is 0 Å². The average molecular weight is 325 g/mol. The van der Waals surface area contributed by atoms with Gasteiger partial charge in [0.1, 0.15) is 5.82 Å². The number of hydrogen-bond donors (Lipinski definition) is 3. The van der Waals surface area contributed by atoms with Crippen molar-refractivity contribution in [1.82, 2.24) is 15.5 Å². The Kier molecular flexibility index (Phi) is 6.97. The lowest BCUT2D eigenvalue weighted by Crippen LogP contribution is -2.47. The van der Waals surface area contributed by atoms with Gasteiger partial charge in [-0.25, -0.2) is 9.18 Å². The molecule has 1 unspecified atom stereocenters. The van der Waals surface area contributed by atoms with E-state index in [0.717, 1.165) is 0 Å². The van der Waals surface area contributed by atoms with Gasteiger partial charge in [0.2, 0.25) is 0 Å². The van der Waals surface area contributed by atoms with Gasteiger partial charge in [-0.3, -0.25) is 0 Å². The van der Waals surface area contributed by atoms with Crippen LogP contribution in [0.25, 0.3) is 0 Å². The molecule has 130 valence electrons. The van der Waals surface area contributed by atoms with E-state index in [1.807, 2.05) is 32.8 Å². The molecule has 0 aliphatic carbocycles. The Morgan fingerprint density at radius 2 is 2.00 bits per heavy atom. The number of halogens is 1. The number of benzene rings is 1. The van der Waals surface area contributed by atoms with Crippen LogP contribution in [0.1, 0.15) is 31.9 Å². The van der Waals surface area contributed by atoms with Crippen molar-refractivity contribution < 1.29 is 14.3 Å². The summed E-state index contributed by atoms with van der Waals surface area (Å²) in [5, 5.41) is 15.4. The second-order valence-corrected chi connectivity index (χ2v) is 6.71. The molecule has 3 N–H and O–H groups in total. The van der Waals surface area contributed by atoms with Gasteiger partial charge in [0, 0.05) is 25.2 Å². The minimum atomic E-state index is -0.961. The molecule has 1 atom stereocenters. The monoisotopic (exact) mass is 325 g/mol. The summed E-state index contributed by atoms with van der Waals surface area (Å²) in [6.07, 6.45) is 0. The zero-order valence-electron chi connectivity index (χ0n) is 14.6. The number of carbonyl (C=O) groups is 1. The first-order chi connectivity index (χ1) is 10.6. The van der Waals surface area contributed by atoms with Crippen LogP contribution in [-0.4, -0.2) is 42.3 Å². The van der Waals surface area contributed by atoms with E-state index in [9.17, 15) is 14.3 Å². The summed E-state index contributed by atoms with van der Waals surface area (Å²) in [6, 6.07) is 4.58. The predicted molar refractivity (Wildman–Crippen MR) is 89.5 cm³/mol. The van der Waals surface area contributed by atoms with Gasteiger partial charge in [-0.05, 0) is 38.6 Å². The van der Waals surface area contributed by atoms with E-state index in [4.69, 9.17) is 0 Å². The van der Waals surface area contributed by atoms with Crippen molar-refractivity contribution in [1.29, 1.82) is 0 Å². The van der Waals surface area contributed by atoms with Crippen LogP contribution in [0.3, 0.4) is 0 Å². The Balaban J connectivity index is 2.49. The summed E-state index contributed by atoms with van der Waals surface area (Å²) in [4.78, 5) is 13.6. The second kappa shape index (κ2) is 8.26. The standard InChI is InChI=1S/C17H28FN3O2/c1-12(2)17(3,23)11-20-16(22)19-9-13-6-7-14(10-21(4)5)15(18)8-13/h6-8,12,23H,9-11H2,1-5H3,(H2,19,20,22). The quantitative estimate of drug-likeness (QED) is 0.719. The Morgan fingerprint density at radius 1 is 1.35 bits per heavy atom. The normalized spacial score (nSPS) is 14.0. The number of hydrogen-bond acceptors (Lipinski definition) is 3. The molecule has 6 heteroatoms. The zero-order chi connectivity index (χ0) is 17.6. The van der Waals surface area contributed by atoms with Gasteiger partial charge < -0.3 is 20.6 Å². The molecule has 0 fully saturated rings. The molecule has 1 aromatic rings. The van der Waals surface area contributed by atoms with Crippen LogP contribution in [0, 0.1) is 11.7 Å². The Morgan fingerprint density at radius 3 is 2.52 bits per heavy atom. The molecule has 1 rings (SSSR count). The van der Waals surface area contributed by atoms with Crippen molar-refractivity contribution in [3.05, 3.63) is 35.1 Å². The molecule has 0 bridgehead atoms. The molecule has 0 aliphatic rings. The Labute approximate surface area is 137 Å². The molecule has 2 amide bonds. The minimum absolute atomic E-state index is 0.0288. The number of rotatable bonds is 7. The lowest BCUT2D eigenvalue weighted by Gasteiger charge is -2.27. The van der Waals surface area contributed by atoms with Crippen molar-refractivity contribution in [2.45, 2.75) is 39.5 Å². The van der Waals surface area contributed by atoms with E-state index in [-0.39, 0.29) is 30.9 Å². The van der Waals surface area contributed by atoms with Crippen LogP contribution in [0.4, 0.5) is 9.18 Å². The second-order valence-electron chi connectivity index (χ2n) is 6.71. The number of nitrogens with zero attached hydrogens (tertiary/aromatic N) is 1. The van der Waals surface area contributed by atoms with Gasteiger partial charge >= 0.3 is 6.03 Å². The third-order valence-corrected chi connectivity index (χ3v) is 3.91. The van der Waals surface area contributed by atoms with E-state index in [1.165, 1.54) is 6.07 Å². The lowest BCUT2D eigenvalue weighted by atomic mass is 9.93. The van der Waals surface area contributed by atoms with E-state index in [2.05, 4.69) is 10.6 Å². The van der Waals surface area contributed by atoms with E-state index in [0.29, 0.717) is 17.7 Å². The van der Waals surface area contributed by atoms with Crippen LogP contribution >= 0.6 is 0 Å². The maximum Gasteiger partial charge on any atom is 0.315 e. The van der Waals surface area contributed by atoms with E-state index >= 15 is 0 Å². The number of amides is 2. The molecule has 0 spiro atoms. The minimum Gasteiger partial charge on any atom is -0.388 e. The van der Waals surface area contributed by atoms with Crippen LogP contribution in [-0.2, 0) is 13.1 Å². The fourth-order valence-electron chi connectivity index (χ4n) is 1.88. The summed E-state index contributed by atoms with van der Waals surface area (Å²) < 4.78 is 13.9. The number of carbonyl (C=O) groups excluding carboxylic acids is 1. The molecule has 0 radical (unpaired) electrons. The van der Waals surface area contributed by atoms with Gasteiger partial charge in [-0.15, -0.1) is 0 Å². The van der Waals surface area contributed by atoms with Crippen molar-refractivity contribution in [2.24, 2.45) is 5.92 Å². The summed E-state index contributed by atoms with van der Waals surface area (Å²) in [5.74, 6) is -0.248. The molecule has 0 saturated carbocycles. The Hall–Kier alpha value is -1.66. The molecule has 0 saturated heterocycles. The zero-order valence-corrected chi connectivity index (χ0v) is 14.6. The van der Waals surface area contributed by atoms with Crippen molar-refractivity contribution >= 4 is 6.03 Å². The highest BCUT2D eigenvalue weighted by Gasteiger charge is 2.25. The first-order valence-electron chi connectivity index (χ1n) is 7.78. The molecule has 0 aliphatic heterocycles. The smallest absolute Gasteiger partial charge is 0.315 e. The van der Waals surface area contributed by atoms with Crippen LogP contribution in [0.5, 0.6) is 0 Å². The SMILES string of the molecule is CC(C)C(C)(O)CNC(=O)NCc1ccc(CN(C)C)c(F)c1. The van der Waals surface area contributed by atoms with E-state index < -0.39 is 5.60 Å². The highest BCUT2D eigenvalue weighted by Crippen LogP contribution is 2.14. The van der Waals surface area contributed by atoms with Gasteiger partial charge in [0.05, 0.1) is 5.60 Å². The first kappa shape index (κ1) is 19.4. The topological polar surface area (TPSA) is 64.6 Å². The van der Waals surface area contributed by atoms with Gasteiger partial charge in [-0.2, -0.15) is 0 Å². The average Bonchev–Trinajstić information content (AvgIpc) is 2.45. The summed E-state index contributed by atoms with van der Waals surface area (Å²) in [6.45, 7) is 6.37. The molecule has 0 heterocycles. The number of urea groups is 1. The molecular formula is C17H28FN3O2. The first-order valence-corrected chi connectivity index (χ1v) is 7.78. The fraction of sp³-hybridized carbons (Fsp3) is 0.588. The molecule has 23 heavy (non-hydrogen) atoms. The fourth-order valence-corrected chi connectivity index (χ4v) is 1.88. The Bertz CT molecular complexity index is 531. The van der Waals surface area contributed by atoms with Crippen LogP contribution < -0.4 is 10.6 Å². The molecular weight excluding hydrogens is 297 g/mol. The molecule has 1 aromatic carbocycles. The van der Waals surface area contributed by atoms with E-state index in [1.54, 1.807) is 19.1 Å². The highest BCUT2D eigenvalue weighted by molar-refractivity contribution is 5.73. The largest absolute Gasteiger partial charge is 0.388 e. The third kappa shape index (κ3) is 6.54. The maximum absolute atomic E-state index is 13.9. The summed E-state index contributed by atoms with van der Waals surface area (Å²) in [7, 11) is 3.76. The number of aliphatic hydroxyl groups is 1. The van der Waals surface area contributed by atoms with Gasteiger partial charge in [-0.1, -0.05) is 26.0 Å². The number of nitrogens with one attached hydrogen (secondary N) is 2. The van der Waals surface area contributed by atoms with Gasteiger partial charge in [0.15, 0.2) is 0 Å². The predicted octanol–water partition coefficient (Wildman–Crippen LogP) is 2.09. The van der Waals surface area contributed by atoms with Crippen molar-refractivity contribution in [3.63, 3.8) is 0 Å². The third-order valence-electron chi connectivity index (χ3n) is 3.91. The summed E-state index contributed by atoms with van der Waals surface area (Å²) >= 11 is 0. The summed E-state index contributed by atoms with van der Waals surface area (Å²) in [5.41, 5.74) is 0.351. The molecule has 0 aromatic heterocycles. The molecule has 5 nitrogen and oxygen atoms in total. The van der Waals surface area contributed by atoms with Crippen molar-refractivity contribution in [3.8, 4) is 0 Å². The van der Waals surface area contributed by atoms with Gasteiger partial charge in [0.25, 0.3) is 0 Å². The lowest BCUT2D eigenvalue weighted by molar-refractivity contribution is 0.0166.